The molecule has 0 radical (unpaired) electrons. The van der Waals surface area contributed by atoms with Crippen molar-refractivity contribution < 1.29 is 14.3 Å². The summed E-state index contributed by atoms with van der Waals surface area (Å²) in [5.74, 6) is -0.616. The minimum atomic E-state index is -0.798. The van der Waals surface area contributed by atoms with Gasteiger partial charge in [-0.25, -0.2) is 0 Å². The van der Waals surface area contributed by atoms with Crippen LogP contribution in [0.4, 0.5) is 0 Å². The van der Waals surface area contributed by atoms with Gasteiger partial charge < -0.3 is 5.32 Å². The van der Waals surface area contributed by atoms with Crippen molar-refractivity contribution in [3.63, 3.8) is 0 Å². The summed E-state index contributed by atoms with van der Waals surface area (Å²) in [4.78, 5) is 25.9. The average molecular weight is 467 g/mol. The number of nitrogens with zero attached hydrogens (tertiary/aromatic N) is 1. The molecule has 5 nitrogen and oxygen atoms in total. The van der Waals surface area contributed by atoms with Crippen LogP contribution in [0.15, 0.2) is 66.7 Å². The predicted octanol–water partition coefficient (Wildman–Crippen LogP) is 4.63. The van der Waals surface area contributed by atoms with Crippen molar-refractivity contribution in [2.45, 2.75) is 25.9 Å². The molecule has 0 bridgehead atoms. The Kier molecular flexibility index (Phi) is 6.31. The molecule has 1 saturated heterocycles. The number of benzene rings is 3. The van der Waals surface area contributed by atoms with Crippen LogP contribution in [0, 0.1) is 13.8 Å². The van der Waals surface area contributed by atoms with Crippen molar-refractivity contribution in [1.29, 1.82) is 0 Å². The van der Waals surface area contributed by atoms with E-state index < -0.39 is 12.1 Å². The van der Waals surface area contributed by atoms with Crippen LogP contribution in [-0.4, -0.2) is 28.8 Å². The SMILES string of the molecule is Cc1ccc([C@H]2[C@@H](NC(=O)c3cccc(C)c3)C(=O)N/[N+]2=C\c2ccc(Cl)cc2Cl)cc1. The highest BCUT2D eigenvalue weighted by atomic mass is 35.5. The lowest BCUT2D eigenvalue weighted by molar-refractivity contribution is -0.596. The molecule has 2 N–H and O–H groups in total. The van der Waals surface area contributed by atoms with Gasteiger partial charge in [-0.05, 0) is 44.2 Å². The number of carbonyl (C=O) groups is 2. The highest BCUT2D eigenvalue weighted by molar-refractivity contribution is 6.36. The van der Waals surface area contributed by atoms with E-state index in [1.165, 1.54) is 0 Å². The summed E-state index contributed by atoms with van der Waals surface area (Å²) in [6.45, 7) is 3.91. The van der Waals surface area contributed by atoms with Gasteiger partial charge in [0.25, 0.3) is 5.91 Å². The van der Waals surface area contributed by atoms with E-state index in [4.69, 9.17) is 23.2 Å². The van der Waals surface area contributed by atoms with E-state index in [0.717, 1.165) is 16.7 Å². The first-order valence-electron chi connectivity index (χ1n) is 10.1. The Morgan fingerprint density at radius 3 is 2.44 bits per heavy atom. The highest BCUT2D eigenvalue weighted by Gasteiger charge is 2.47. The molecule has 3 aromatic carbocycles. The molecule has 0 aliphatic carbocycles. The van der Waals surface area contributed by atoms with Crippen molar-refractivity contribution in [2.24, 2.45) is 0 Å². The molecule has 4 rings (SSSR count). The fraction of sp³-hybridized carbons (Fsp3) is 0.160. The normalized spacial score (nSPS) is 19.1. The molecule has 1 fully saturated rings. The number of aryl methyl sites for hydroxylation is 2. The van der Waals surface area contributed by atoms with E-state index in [1.807, 2.05) is 50.2 Å². The van der Waals surface area contributed by atoms with Crippen molar-refractivity contribution in [3.05, 3.63) is 105 Å². The van der Waals surface area contributed by atoms with Crippen LogP contribution in [0.1, 0.15) is 38.7 Å². The second-order valence-corrected chi connectivity index (χ2v) is 8.70. The van der Waals surface area contributed by atoms with Gasteiger partial charge in [-0.1, -0.05) is 70.7 Å². The molecule has 162 valence electrons. The summed E-state index contributed by atoms with van der Waals surface area (Å²) >= 11 is 12.4. The lowest BCUT2D eigenvalue weighted by Gasteiger charge is -2.15. The van der Waals surface area contributed by atoms with Gasteiger partial charge in [0.05, 0.1) is 10.6 Å². The van der Waals surface area contributed by atoms with Crippen LogP contribution in [0.3, 0.4) is 0 Å². The monoisotopic (exact) mass is 466 g/mol. The van der Waals surface area contributed by atoms with Crippen LogP contribution in [0.2, 0.25) is 10.0 Å². The summed E-state index contributed by atoms with van der Waals surface area (Å²) in [5, 5.41) is 3.89. The Balaban J connectivity index is 1.73. The third-order valence-electron chi connectivity index (χ3n) is 5.36. The van der Waals surface area contributed by atoms with Gasteiger partial charge >= 0.3 is 5.91 Å². The molecule has 32 heavy (non-hydrogen) atoms. The topological polar surface area (TPSA) is 61.2 Å². The average Bonchev–Trinajstić information content (AvgIpc) is 3.05. The Labute approximate surface area is 196 Å². The lowest BCUT2D eigenvalue weighted by atomic mass is 9.98. The highest BCUT2D eigenvalue weighted by Crippen LogP contribution is 2.27. The van der Waals surface area contributed by atoms with E-state index in [-0.39, 0.29) is 11.8 Å². The zero-order valence-electron chi connectivity index (χ0n) is 17.6. The first kappa shape index (κ1) is 22.1. The van der Waals surface area contributed by atoms with Gasteiger partial charge in [-0.15, -0.1) is 10.1 Å². The molecule has 0 saturated carbocycles. The van der Waals surface area contributed by atoms with Gasteiger partial charge in [-0.2, -0.15) is 0 Å². The van der Waals surface area contributed by atoms with Gasteiger partial charge in [0.15, 0.2) is 6.04 Å². The zero-order valence-corrected chi connectivity index (χ0v) is 19.1. The number of hydrogen-bond acceptors (Lipinski definition) is 2. The van der Waals surface area contributed by atoms with E-state index in [2.05, 4.69) is 10.7 Å². The van der Waals surface area contributed by atoms with E-state index in [0.29, 0.717) is 21.2 Å². The fourth-order valence-electron chi connectivity index (χ4n) is 3.71. The number of hydrazine groups is 1. The van der Waals surface area contributed by atoms with Crippen LogP contribution in [0.5, 0.6) is 0 Å². The summed E-state index contributed by atoms with van der Waals surface area (Å²) in [6, 6.07) is 19.0. The Morgan fingerprint density at radius 1 is 1.00 bits per heavy atom. The maximum Gasteiger partial charge on any atom is 0.304 e. The van der Waals surface area contributed by atoms with Crippen LogP contribution in [0.25, 0.3) is 0 Å². The van der Waals surface area contributed by atoms with Crippen molar-refractivity contribution in [3.8, 4) is 0 Å². The van der Waals surface area contributed by atoms with Crippen LogP contribution >= 0.6 is 23.2 Å². The van der Waals surface area contributed by atoms with Gasteiger partial charge in [0, 0.05) is 16.1 Å². The molecule has 0 spiro atoms. The van der Waals surface area contributed by atoms with E-state index in [1.54, 1.807) is 41.2 Å². The Hall–Kier alpha value is -3.15. The lowest BCUT2D eigenvalue weighted by Crippen LogP contribution is -2.42. The summed E-state index contributed by atoms with van der Waals surface area (Å²) in [6.07, 6.45) is 1.75. The van der Waals surface area contributed by atoms with Gasteiger partial charge in [0.2, 0.25) is 12.3 Å². The minimum absolute atomic E-state index is 0.307. The molecule has 2 atom stereocenters. The van der Waals surface area contributed by atoms with Gasteiger partial charge in [0.1, 0.15) is 0 Å². The molecule has 1 heterocycles. The molecule has 2 amide bonds. The Bertz CT molecular complexity index is 1220. The maximum absolute atomic E-state index is 13.0. The summed E-state index contributed by atoms with van der Waals surface area (Å²) in [5.41, 5.74) is 7.00. The number of hydrazone groups is 1. The number of nitrogens with one attached hydrogen (secondary N) is 2. The van der Waals surface area contributed by atoms with Crippen molar-refractivity contribution in [2.75, 3.05) is 0 Å². The number of amides is 2. The van der Waals surface area contributed by atoms with Crippen molar-refractivity contribution >= 4 is 41.2 Å². The van der Waals surface area contributed by atoms with Crippen molar-refractivity contribution in [1.82, 2.24) is 10.7 Å². The van der Waals surface area contributed by atoms with E-state index in [9.17, 15) is 9.59 Å². The maximum atomic E-state index is 13.0. The summed E-state index contributed by atoms with van der Waals surface area (Å²) in [7, 11) is 0. The first-order chi connectivity index (χ1) is 15.3. The Morgan fingerprint density at radius 2 is 1.75 bits per heavy atom. The largest absolute Gasteiger partial charge is 0.334 e. The second kappa shape index (κ2) is 9.15. The minimum Gasteiger partial charge on any atom is -0.334 e. The molecule has 1 aliphatic rings. The number of hydrogen-bond donors (Lipinski definition) is 2. The fourth-order valence-corrected chi connectivity index (χ4v) is 4.17. The molecule has 1 aliphatic heterocycles. The summed E-state index contributed by atoms with van der Waals surface area (Å²) < 4.78 is 1.68. The predicted molar refractivity (Wildman–Crippen MR) is 126 cm³/mol. The third kappa shape index (κ3) is 4.69. The smallest absolute Gasteiger partial charge is 0.304 e. The number of halogens is 2. The molecule has 3 aromatic rings. The molecular weight excluding hydrogens is 445 g/mol. The standard InChI is InChI=1S/C25H21Cl2N3O2/c1-15-6-8-17(9-7-15)23-22(28-24(31)18-5-3-4-16(2)12-18)25(32)29-30(23)14-19-10-11-20(26)13-21(19)27/h3-14,22-23H,1-2H3,(H-,28,29,31,32)/p+1/b30-14-/t22-,23+/m1/s1. The molecule has 0 unspecified atom stereocenters. The van der Waals surface area contributed by atoms with Crippen LogP contribution in [-0.2, 0) is 4.79 Å². The van der Waals surface area contributed by atoms with Gasteiger partial charge in [-0.3, -0.25) is 9.59 Å². The quantitative estimate of drug-likeness (QED) is 0.550. The van der Waals surface area contributed by atoms with E-state index >= 15 is 0 Å². The third-order valence-corrected chi connectivity index (χ3v) is 5.93. The van der Waals surface area contributed by atoms with Crippen LogP contribution < -0.4 is 10.7 Å². The number of rotatable bonds is 4. The molecular formula is C25H22Cl2N3O2+. The zero-order chi connectivity index (χ0) is 22.8. The first-order valence-corrected chi connectivity index (χ1v) is 10.9. The molecule has 7 heteroatoms. The molecule has 0 aromatic heterocycles. The number of carbonyl (C=O) groups excluding carboxylic acids is 2. The second-order valence-electron chi connectivity index (χ2n) is 7.85.